The number of fused-ring (bicyclic) bond motifs is 1. The van der Waals surface area contributed by atoms with E-state index in [0.717, 1.165) is 34.2 Å². The van der Waals surface area contributed by atoms with Gasteiger partial charge in [0.05, 0.1) is 0 Å². The Morgan fingerprint density at radius 3 is 2.50 bits per heavy atom. The predicted octanol–water partition coefficient (Wildman–Crippen LogP) is 6.65. The monoisotopic (exact) mass is 478 g/mol. The predicted molar refractivity (Wildman–Crippen MR) is 133 cm³/mol. The van der Waals surface area contributed by atoms with Crippen LogP contribution in [-0.2, 0) is 0 Å². The fourth-order valence-corrected chi connectivity index (χ4v) is 3.93. The molecule has 0 saturated carbocycles. The van der Waals surface area contributed by atoms with Gasteiger partial charge in [-0.2, -0.15) is 0 Å². The lowest BCUT2D eigenvalue weighted by atomic mass is 9.99. The summed E-state index contributed by atoms with van der Waals surface area (Å²) in [5, 5.41) is 0.917. The molecule has 0 aliphatic rings. The molecular formula is C26H20F2N2O3S. The van der Waals surface area contributed by atoms with Crippen molar-refractivity contribution in [3.63, 3.8) is 0 Å². The van der Waals surface area contributed by atoms with E-state index in [2.05, 4.69) is 11.3 Å². The average Bonchev–Trinajstić information content (AvgIpc) is 2.85. The molecule has 1 heterocycles. The van der Waals surface area contributed by atoms with Gasteiger partial charge in [-0.1, -0.05) is 43.6 Å². The first-order chi connectivity index (χ1) is 16.4. The SMILES string of the molecule is C=CC(=O)n1cc(-c2cc(NSCC)ccc2Oc2ccc(F)cc2F)c2ccccc2c1=O. The van der Waals surface area contributed by atoms with E-state index in [1.807, 2.05) is 6.92 Å². The van der Waals surface area contributed by atoms with Crippen LogP contribution in [0.25, 0.3) is 21.9 Å². The van der Waals surface area contributed by atoms with Gasteiger partial charge in [0.1, 0.15) is 11.6 Å². The van der Waals surface area contributed by atoms with Gasteiger partial charge < -0.3 is 9.46 Å². The summed E-state index contributed by atoms with van der Waals surface area (Å²) in [6.45, 7) is 5.48. The van der Waals surface area contributed by atoms with Crippen LogP contribution in [-0.4, -0.2) is 16.2 Å². The van der Waals surface area contributed by atoms with Crippen LogP contribution < -0.4 is 15.0 Å². The normalized spacial score (nSPS) is 10.8. The second-order valence-corrected chi connectivity index (χ2v) is 8.30. The molecule has 0 bridgehead atoms. The number of hydrogen-bond donors (Lipinski definition) is 1. The second kappa shape index (κ2) is 9.93. The summed E-state index contributed by atoms with van der Waals surface area (Å²) in [6, 6.07) is 15.1. The molecule has 172 valence electrons. The van der Waals surface area contributed by atoms with Crippen molar-refractivity contribution in [2.45, 2.75) is 6.92 Å². The molecular weight excluding hydrogens is 458 g/mol. The Morgan fingerprint density at radius 1 is 1.06 bits per heavy atom. The number of benzene rings is 3. The van der Waals surface area contributed by atoms with Gasteiger partial charge in [0.25, 0.3) is 11.5 Å². The minimum absolute atomic E-state index is 0.161. The highest BCUT2D eigenvalue weighted by Gasteiger charge is 2.18. The van der Waals surface area contributed by atoms with Crippen molar-refractivity contribution < 1.29 is 18.3 Å². The summed E-state index contributed by atoms with van der Waals surface area (Å²) >= 11 is 1.48. The fraction of sp³-hybridized carbons (Fsp3) is 0.0769. The zero-order valence-corrected chi connectivity index (χ0v) is 19.0. The number of hydrogen-bond acceptors (Lipinski definition) is 5. The summed E-state index contributed by atoms with van der Waals surface area (Å²) in [7, 11) is 0. The van der Waals surface area contributed by atoms with Crippen LogP contribution in [0.5, 0.6) is 11.5 Å². The molecule has 5 nitrogen and oxygen atoms in total. The number of anilines is 1. The van der Waals surface area contributed by atoms with E-state index in [0.29, 0.717) is 21.9 Å². The van der Waals surface area contributed by atoms with Crippen molar-refractivity contribution in [1.82, 2.24) is 4.57 Å². The molecule has 3 aromatic carbocycles. The number of aromatic nitrogens is 1. The summed E-state index contributed by atoms with van der Waals surface area (Å²) in [6.07, 6.45) is 2.48. The molecule has 0 spiro atoms. The number of halogens is 2. The third-order valence-corrected chi connectivity index (χ3v) is 5.72. The van der Waals surface area contributed by atoms with E-state index >= 15 is 0 Å². The van der Waals surface area contributed by atoms with Crippen molar-refractivity contribution in [3.8, 4) is 22.6 Å². The Labute approximate surface area is 198 Å². The topological polar surface area (TPSA) is 60.3 Å². The van der Waals surface area contributed by atoms with E-state index in [1.165, 1.54) is 24.2 Å². The van der Waals surface area contributed by atoms with Crippen molar-refractivity contribution in [1.29, 1.82) is 0 Å². The molecule has 0 amide bonds. The van der Waals surface area contributed by atoms with Crippen molar-refractivity contribution in [2.24, 2.45) is 0 Å². The molecule has 4 rings (SSSR count). The molecule has 8 heteroatoms. The number of rotatable bonds is 7. The molecule has 0 unspecified atom stereocenters. The van der Waals surface area contributed by atoms with Crippen LogP contribution in [0.15, 0.2) is 84.3 Å². The van der Waals surface area contributed by atoms with Gasteiger partial charge in [0.15, 0.2) is 11.6 Å². The van der Waals surface area contributed by atoms with E-state index in [4.69, 9.17) is 4.74 Å². The number of nitrogens with one attached hydrogen (secondary N) is 1. The first-order valence-corrected chi connectivity index (χ1v) is 11.4. The first-order valence-electron chi connectivity index (χ1n) is 10.4. The highest BCUT2D eigenvalue weighted by Crippen LogP contribution is 2.39. The van der Waals surface area contributed by atoms with Crippen molar-refractivity contribution >= 4 is 34.3 Å². The van der Waals surface area contributed by atoms with Gasteiger partial charge in [-0.25, -0.2) is 13.3 Å². The molecule has 0 aliphatic carbocycles. The largest absolute Gasteiger partial charge is 0.454 e. The molecule has 1 N–H and O–H groups in total. The number of pyridine rings is 1. The Morgan fingerprint density at radius 2 is 1.79 bits per heavy atom. The van der Waals surface area contributed by atoms with E-state index in [1.54, 1.807) is 42.5 Å². The molecule has 1 aromatic heterocycles. The second-order valence-electron chi connectivity index (χ2n) is 7.23. The minimum atomic E-state index is -0.855. The Bertz CT molecular complexity index is 1470. The number of nitrogens with zero attached hydrogens (tertiary/aromatic N) is 1. The zero-order valence-electron chi connectivity index (χ0n) is 18.2. The summed E-state index contributed by atoms with van der Waals surface area (Å²) in [4.78, 5) is 25.4. The molecule has 0 fully saturated rings. The molecule has 4 aromatic rings. The van der Waals surface area contributed by atoms with E-state index < -0.39 is 23.1 Å². The quantitative estimate of drug-likeness (QED) is 0.238. The third-order valence-electron chi connectivity index (χ3n) is 5.05. The van der Waals surface area contributed by atoms with E-state index in [-0.39, 0.29) is 11.5 Å². The summed E-state index contributed by atoms with van der Waals surface area (Å²) in [5.74, 6) is -1.24. The van der Waals surface area contributed by atoms with Crippen molar-refractivity contribution in [3.05, 3.63) is 102 Å². The molecule has 0 radical (unpaired) electrons. The fourth-order valence-electron chi connectivity index (χ4n) is 3.49. The van der Waals surface area contributed by atoms with Gasteiger partial charge in [0.2, 0.25) is 0 Å². The number of carbonyl (C=O) groups excluding carboxylic acids is 1. The lowest BCUT2D eigenvalue weighted by molar-refractivity contribution is 0.0966. The highest BCUT2D eigenvalue weighted by molar-refractivity contribution is 8.00. The standard InChI is InChI=1S/C26H20F2N2O3S/c1-3-25(31)30-15-21(18-7-5-6-8-19(18)26(30)32)20-14-17(29-34-4-2)10-12-23(20)33-24-11-9-16(27)13-22(24)28/h3,5-15,29H,1,4H2,2H3. The molecule has 0 aliphatic heterocycles. The molecule has 34 heavy (non-hydrogen) atoms. The van der Waals surface area contributed by atoms with Crippen LogP contribution in [0.4, 0.5) is 14.5 Å². The third kappa shape index (κ3) is 4.58. The van der Waals surface area contributed by atoms with Crippen LogP contribution in [0.2, 0.25) is 0 Å². The number of allylic oxidation sites excluding steroid dienone is 1. The highest BCUT2D eigenvalue weighted by atomic mass is 32.2. The van der Waals surface area contributed by atoms with Gasteiger partial charge in [-0.05, 0) is 47.9 Å². The number of ether oxygens (including phenoxy) is 1. The molecule has 0 atom stereocenters. The summed E-state index contributed by atoms with van der Waals surface area (Å²) < 4.78 is 37.8. The maximum Gasteiger partial charge on any atom is 0.265 e. The van der Waals surface area contributed by atoms with Gasteiger partial charge in [-0.15, -0.1) is 0 Å². The van der Waals surface area contributed by atoms with E-state index in [9.17, 15) is 18.4 Å². The Balaban J connectivity index is 1.98. The van der Waals surface area contributed by atoms with Gasteiger partial charge >= 0.3 is 0 Å². The Kier molecular flexibility index (Phi) is 6.79. The molecule has 0 saturated heterocycles. The lowest BCUT2D eigenvalue weighted by Crippen LogP contribution is -2.25. The van der Waals surface area contributed by atoms with Crippen LogP contribution in [0.1, 0.15) is 11.7 Å². The van der Waals surface area contributed by atoms with Crippen molar-refractivity contribution in [2.75, 3.05) is 10.5 Å². The smallest absolute Gasteiger partial charge is 0.265 e. The minimum Gasteiger partial charge on any atom is -0.454 e. The first kappa shape index (κ1) is 23.3. The summed E-state index contributed by atoms with van der Waals surface area (Å²) in [5.41, 5.74) is 1.29. The van der Waals surface area contributed by atoms with Crippen LogP contribution in [0.3, 0.4) is 0 Å². The average molecular weight is 479 g/mol. The Hall–Kier alpha value is -3.91. The number of carbonyl (C=O) groups is 1. The van der Waals surface area contributed by atoms with Crippen LogP contribution >= 0.6 is 11.9 Å². The lowest BCUT2D eigenvalue weighted by Gasteiger charge is -2.17. The maximum atomic E-state index is 14.4. The zero-order chi connectivity index (χ0) is 24.2. The van der Waals surface area contributed by atoms with Gasteiger partial charge in [0, 0.05) is 40.2 Å². The maximum absolute atomic E-state index is 14.4. The van der Waals surface area contributed by atoms with Gasteiger partial charge in [-0.3, -0.25) is 9.59 Å². The van der Waals surface area contributed by atoms with Crippen LogP contribution in [0, 0.1) is 11.6 Å².